The molecule has 0 aliphatic heterocycles. The lowest BCUT2D eigenvalue weighted by Gasteiger charge is -2.18. The molecule has 0 aliphatic rings. The molecule has 0 heterocycles. The van der Waals surface area contributed by atoms with Crippen LogP contribution in [0.15, 0.2) is 23.1 Å². The zero-order valence-corrected chi connectivity index (χ0v) is 12.7. The summed E-state index contributed by atoms with van der Waals surface area (Å²) in [5, 5.41) is 8.90. The van der Waals surface area contributed by atoms with Crippen LogP contribution in [0.3, 0.4) is 0 Å². The van der Waals surface area contributed by atoms with Crippen molar-refractivity contribution in [1.29, 1.82) is 5.26 Å². The number of rotatable bonds is 6. The van der Waals surface area contributed by atoms with E-state index in [4.69, 9.17) is 5.26 Å². The lowest BCUT2D eigenvalue weighted by molar-refractivity contribution is 0.445. The molecule has 0 saturated carbocycles. The summed E-state index contributed by atoms with van der Waals surface area (Å²) in [5.74, 6) is -0.444. The Balaban J connectivity index is 3.01. The topological polar surface area (TPSA) is 70.0 Å². The summed E-state index contributed by atoms with van der Waals surface area (Å²) in [6.07, 6.45) is 1.64. The largest absolute Gasteiger partial charge is 0.242 e. The highest BCUT2D eigenvalue weighted by molar-refractivity contribution is 7.89. The molecule has 20 heavy (non-hydrogen) atoms. The molecule has 4 nitrogen and oxygen atoms in total. The molecule has 1 N–H and O–H groups in total. The van der Waals surface area contributed by atoms with Crippen molar-refractivity contribution in [2.24, 2.45) is 5.92 Å². The third-order valence-corrected chi connectivity index (χ3v) is 4.82. The van der Waals surface area contributed by atoms with Gasteiger partial charge in [0.2, 0.25) is 10.0 Å². The summed E-state index contributed by atoms with van der Waals surface area (Å²) in [7, 11) is -3.89. The van der Waals surface area contributed by atoms with Crippen molar-refractivity contribution in [3.05, 3.63) is 29.6 Å². The van der Waals surface area contributed by atoms with E-state index in [2.05, 4.69) is 4.72 Å². The Morgan fingerprint density at radius 2 is 2.05 bits per heavy atom. The smallest absolute Gasteiger partial charge is 0.208 e. The van der Waals surface area contributed by atoms with Gasteiger partial charge in [-0.15, -0.1) is 0 Å². The van der Waals surface area contributed by atoms with Gasteiger partial charge in [0.25, 0.3) is 0 Å². The van der Waals surface area contributed by atoms with Gasteiger partial charge < -0.3 is 0 Å². The van der Waals surface area contributed by atoms with Gasteiger partial charge in [0.1, 0.15) is 22.3 Å². The highest BCUT2D eigenvalue weighted by Gasteiger charge is 2.23. The van der Waals surface area contributed by atoms with Crippen LogP contribution >= 0.6 is 0 Å². The van der Waals surface area contributed by atoms with Crippen LogP contribution in [-0.4, -0.2) is 14.5 Å². The number of nitrogens with zero attached hydrogens (tertiary/aromatic N) is 1. The summed E-state index contributed by atoms with van der Waals surface area (Å²) in [4.78, 5) is -0.309. The molecule has 0 radical (unpaired) electrons. The highest BCUT2D eigenvalue weighted by Crippen LogP contribution is 2.19. The minimum Gasteiger partial charge on any atom is -0.208 e. The van der Waals surface area contributed by atoms with E-state index >= 15 is 0 Å². The summed E-state index contributed by atoms with van der Waals surface area (Å²) >= 11 is 0. The summed E-state index contributed by atoms with van der Waals surface area (Å²) in [5.41, 5.74) is -0.448. The molecule has 0 saturated heterocycles. The standard InChI is InChI=1S/C14H19FN2O2S/c1-4-10(2)8-11(3)17-20(18,19)14-7-5-6-13(15)12(14)9-16/h5-7,10-11,17H,4,8H2,1-3H3. The maximum atomic E-state index is 13.5. The average molecular weight is 298 g/mol. The third kappa shape index (κ3) is 4.02. The Morgan fingerprint density at radius 3 is 2.60 bits per heavy atom. The van der Waals surface area contributed by atoms with Crippen LogP contribution in [0.1, 0.15) is 39.2 Å². The number of nitrogens with one attached hydrogen (secondary N) is 1. The van der Waals surface area contributed by atoms with Crippen molar-refractivity contribution in [1.82, 2.24) is 4.72 Å². The Morgan fingerprint density at radius 1 is 1.40 bits per heavy atom. The Hall–Kier alpha value is -1.45. The first kappa shape index (κ1) is 16.6. The SMILES string of the molecule is CCC(C)CC(C)NS(=O)(=O)c1cccc(F)c1C#N. The Labute approximate surface area is 119 Å². The van der Waals surface area contributed by atoms with Crippen LogP contribution in [0, 0.1) is 23.1 Å². The van der Waals surface area contributed by atoms with E-state index in [0.717, 1.165) is 12.5 Å². The van der Waals surface area contributed by atoms with E-state index in [1.807, 2.05) is 13.8 Å². The molecule has 1 aromatic carbocycles. The molecule has 2 atom stereocenters. The van der Waals surface area contributed by atoms with Crippen molar-refractivity contribution < 1.29 is 12.8 Å². The molecule has 6 heteroatoms. The van der Waals surface area contributed by atoms with Gasteiger partial charge >= 0.3 is 0 Å². The summed E-state index contributed by atoms with van der Waals surface area (Å²) in [6, 6.07) is 4.92. The van der Waals surface area contributed by atoms with Gasteiger partial charge in [-0.1, -0.05) is 26.3 Å². The van der Waals surface area contributed by atoms with Gasteiger partial charge in [0, 0.05) is 6.04 Å². The monoisotopic (exact) mass is 298 g/mol. The van der Waals surface area contributed by atoms with Crippen molar-refractivity contribution in [2.45, 2.75) is 44.6 Å². The van der Waals surface area contributed by atoms with Crippen molar-refractivity contribution in [3.63, 3.8) is 0 Å². The van der Waals surface area contributed by atoms with Crippen LogP contribution in [-0.2, 0) is 10.0 Å². The second-order valence-corrected chi connectivity index (χ2v) is 6.68. The second kappa shape index (κ2) is 6.82. The first-order chi connectivity index (χ1) is 9.31. The number of benzene rings is 1. The molecule has 2 unspecified atom stereocenters. The van der Waals surface area contributed by atoms with E-state index in [1.165, 1.54) is 12.1 Å². The number of sulfonamides is 1. The van der Waals surface area contributed by atoms with Crippen LogP contribution < -0.4 is 4.72 Å². The average Bonchev–Trinajstić information content (AvgIpc) is 2.37. The Bertz CT molecular complexity index is 608. The molecule has 1 aromatic rings. The normalized spacial score (nSPS) is 14.6. The van der Waals surface area contributed by atoms with Gasteiger partial charge in [-0.2, -0.15) is 5.26 Å². The van der Waals surface area contributed by atoms with Crippen LogP contribution in [0.4, 0.5) is 4.39 Å². The predicted octanol–water partition coefficient (Wildman–Crippen LogP) is 2.80. The van der Waals surface area contributed by atoms with Crippen molar-refractivity contribution in [3.8, 4) is 6.07 Å². The van der Waals surface area contributed by atoms with Gasteiger partial charge in [0.05, 0.1) is 0 Å². The summed E-state index contributed by atoms with van der Waals surface area (Å²) < 4.78 is 40.4. The minimum absolute atomic E-state index is 0.273. The van der Waals surface area contributed by atoms with E-state index in [-0.39, 0.29) is 10.9 Å². The van der Waals surface area contributed by atoms with Crippen molar-refractivity contribution >= 4 is 10.0 Å². The van der Waals surface area contributed by atoms with E-state index in [1.54, 1.807) is 13.0 Å². The van der Waals surface area contributed by atoms with Gasteiger partial charge in [-0.25, -0.2) is 17.5 Å². The predicted molar refractivity (Wildman–Crippen MR) is 75.0 cm³/mol. The molecule has 0 spiro atoms. The second-order valence-electron chi connectivity index (χ2n) is 5.00. The van der Waals surface area contributed by atoms with E-state index in [9.17, 15) is 12.8 Å². The quantitative estimate of drug-likeness (QED) is 0.878. The Kier molecular flexibility index (Phi) is 5.66. The van der Waals surface area contributed by atoms with Crippen LogP contribution in [0.25, 0.3) is 0 Å². The fraction of sp³-hybridized carbons (Fsp3) is 0.500. The minimum atomic E-state index is -3.89. The molecule has 110 valence electrons. The lowest BCUT2D eigenvalue weighted by Crippen LogP contribution is -2.34. The third-order valence-electron chi connectivity index (χ3n) is 3.19. The van der Waals surface area contributed by atoms with Gasteiger partial charge in [-0.05, 0) is 31.4 Å². The molecule has 0 aromatic heterocycles. The van der Waals surface area contributed by atoms with Gasteiger partial charge in [-0.3, -0.25) is 0 Å². The number of halogens is 1. The summed E-state index contributed by atoms with van der Waals surface area (Å²) in [6.45, 7) is 5.83. The van der Waals surface area contributed by atoms with Crippen LogP contribution in [0.2, 0.25) is 0 Å². The molecule has 0 bridgehead atoms. The van der Waals surface area contributed by atoms with Crippen molar-refractivity contribution in [2.75, 3.05) is 0 Å². The number of hydrogen-bond donors (Lipinski definition) is 1. The van der Waals surface area contributed by atoms with E-state index < -0.39 is 21.4 Å². The zero-order valence-electron chi connectivity index (χ0n) is 11.9. The molecule has 0 aliphatic carbocycles. The molecule has 1 rings (SSSR count). The number of nitriles is 1. The number of hydrogen-bond acceptors (Lipinski definition) is 3. The highest BCUT2D eigenvalue weighted by atomic mass is 32.2. The zero-order chi connectivity index (χ0) is 15.3. The lowest BCUT2D eigenvalue weighted by atomic mass is 10.0. The van der Waals surface area contributed by atoms with Crippen LogP contribution in [0.5, 0.6) is 0 Å². The molecular weight excluding hydrogens is 279 g/mol. The van der Waals surface area contributed by atoms with E-state index in [0.29, 0.717) is 12.3 Å². The fourth-order valence-electron chi connectivity index (χ4n) is 1.98. The van der Waals surface area contributed by atoms with Gasteiger partial charge in [0.15, 0.2) is 0 Å². The first-order valence-corrected chi connectivity index (χ1v) is 8.01. The molecule has 0 fully saturated rings. The molecular formula is C14H19FN2O2S. The maximum Gasteiger partial charge on any atom is 0.242 e. The molecule has 0 amide bonds. The first-order valence-electron chi connectivity index (χ1n) is 6.52. The maximum absolute atomic E-state index is 13.5. The fourth-order valence-corrected chi connectivity index (χ4v) is 3.41.